The van der Waals surface area contributed by atoms with Gasteiger partial charge in [0.2, 0.25) is 17.5 Å². The van der Waals surface area contributed by atoms with Crippen LogP contribution < -0.4 is 33.8 Å². The summed E-state index contributed by atoms with van der Waals surface area (Å²) < 4.78 is 72.3. The zero-order chi connectivity index (χ0) is 43.0. The van der Waals surface area contributed by atoms with Gasteiger partial charge in [-0.2, -0.15) is 0 Å². The Hall–Kier alpha value is -6.20. The van der Waals surface area contributed by atoms with Gasteiger partial charge in [0.05, 0.1) is 35.8 Å². The summed E-state index contributed by atoms with van der Waals surface area (Å²) in [5, 5.41) is 60.4. The molecular weight excluding hydrogens is 845 g/mol. The molecule has 6 atom stereocenters. The van der Waals surface area contributed by atoms with Crippen LogP contribution in [0, 0.1) is 16.4 Å². The molecule has 0 spiro atoms. The molecule has 3 heterocycles. The number of halogens is 2. The van der Waals surface area contributed by atoms with Crippen LogP contribution in [-0.2, 0) is 33.4 Å². The summed E-state index contributed by atoms with van der Waals surface area (Å²) in [6.45, 7) is -0.0124. The Morgan fingerprint density at radius 2 is 1.60 bits per heavy atom. The van der Waals surface area contributed by atoms with E-state index in [-0.39, 0.29) is 77.3 Å². The second-order valence-corrected chi connectivity index (χ2v) is 16.9. The number of hydrogen-bond donors (Lipinski definition) is 10. The van der Waals surface area contributed by atoms with Gasteiger partial charge >= 0.3 is 11.8 Å². The number of aliphatic hydroxyl groups excluding tert-OH is 2. The minimum Gasteiger partial charge on any atom is -0.465 e. The van der Waals surface area contributed by atoms with E-state index in [1.54, 1.807) is 12.1 Å². The minimum absolute atomic E-state index is 0. The van der Waals surface area contributed by atoms with Gasteiger partial charge in [0.1, 0.15) is 11.6 Å². The van der Waals surface area contributed by atoms with Gasteiger partial charge in [0.15, 0.2) is 17.2 Å². The van der Waals surface area contributed by atoms with Crippen molar-refractivity contribution in [3.05, 3.63) is 86.5 Å². The zero-order valence-electron chi connectivity index (χ0n) is 31.7. The first-order chi connectivity index (χ1) is 27.9. The molecule has 4 unspecified atom stereocenters. The number of anilines is 2. The molecule has 2 aliphatic rings. The number of aliphatic hydroxyl groups is 2. The molecule has 0 radical (unpaired) electrons. The number of rotatable bonds is 14. The van der Waals surface area contributed by atoms with Gasteiger partial charge in [-0.15, -0.1) is 0 Å². The third kappa shape index (κ3) is 11.9. The molecule has 2 aromatic carbocycles. The maximum Gasteiger partial charge on any atom is 0.442 e. The number of amides is 1. The Morgan fingerprint density at radius 3 is 2.23 bits per heavy atom. The summed E-state index contributed by atoms with van der Waals surface area (Å²) in [7, 11) is -4.01. The van der Waals surface area contributed by atoms with Gasteiger partial charge < -0.3 is 37.8 Å². The highest BCUT2D eigenvalue weighted by Gasteiger charge is 2.35. The lowest BCUT2D eigenvalue weighted by molar-refractivity contribution is 0.205. The van der Waals surface area contributed by atoms with Crippen LogP contribution >= 0.6 is 0 Å². The molecule has 0 fully saturated rings. The quantitative estimate of drug-likeness (QED) is 0.0418. The van der Waals surface area contributed by atoms with Crippen molar-refractivity contribution in [3.63, 3.8) is 0 Å². The molecule has 60 heavy (non-hydrogen) atoms. The fourth-order valence-corrected chi connectivity index (χ4v) is 7.44. The number of primary amides is 1. The number of benzene rings is 2. The molecule has 0 bridgehead atoms. The summed E-state index contributed by atoms with van der Waals surface area (Å²) in [6, 6.07) is 8.06. The number of carboxylic acid groups (broad SMARTS) is 1. The van der Waals surface area contributed by atoms with Gasteiger partial charge in [-0.1, -0.05) is 17.3 Å². The Morgan fingerprint density at radius 1 is 1.02 bits per heavy atom. The molecule has 7 rings (SSSR count). The normalized spacial score (nSPS) is 17.4. The zero-order valence-corrected chi connectivity index (χ0v) is 33.3. The van der Waals surface area contributed by atoms with Crippen molar-refractivity contribution in [1.29, 1.82) is 4.78 Å². The Labute approximate surface area is 340 Å². The first-order valence-electron chi connectivity index (χ1n) is 17.1. The number of nitrogens with one attached hydrogen (secondary N) is 4. The second-order valence-electron chi connectivity index (χ2n) is 13.1. The lowest BCUT2D eigenvalue weighted by Gasteiger charge is -2.30. The van der Waals surface area contributed by atoms with Crippen LogP contribution in [-0.4, -0.2) is 121 Å². The van der Waals surface area contributed by atoms with Crippen molar-refractivity contribution in [2.24, 2.45) is 10.7 Å². The number of hydroxylamine groups is 1. The fourth-order valence-electron chi connectivity index (χ4n) is 5.93. The molecule has 24 nitrogen and oxygen atoms in total. The van der Waals surface area contributed by atoms with Crippen molar-refractivity contribution >= 4 is 44.1 Å². The van der Waals surface area contributed by atoms with Gasteiger partial charge in [0, 0.05) is 46.1 Å². The van der Waals surface area contributed by atoms with Crippen molar-refractivity contribution in [2.75, 3.05) is 47.7 Å². The predicted octanol–water partition coefficient (Wildman–Crippen LogP) is 0.788. The molecule has 3 aromatic heterocycles. The SMILES string of the molecule is CS(=N)(=O)CC(O)CNc1nonc1C(=N[C@H]1Cc2ccc(F)cc21)NO.CS(=O)CC(O)CNc1nonc1-c1noc(=O)n1[C@H]1Cc2ccc(F)cc21.N.NC(=O)O. The number of carbonyl (C=O) groups is 1. The number of nitrogens with zero attached hydrogens (tertiary/aromatic N) is 7. The van der Waals surface area contributed by atoms with Crippen LogP contribution in [0.5, 0.6) is 0 Å². The van der Waals surface area contributed by atoms with Crippen LogP contribution in [0.25, 0.3) is 11.5 Å². The standard InChI is InChI=1S/C16H16FN5O5S.C15H19FN6O4S.CH3NO2.H3N/c1-28(25)7-10(23)6-18-14-13(19-27-20-14)15-21-26-16(24)22(15)12-4-8-2-3-9(17)5-11(8)12;1-27(17,25)7-10(23)6-18-14-13(21-26-22-14)15(20-24)19-12-4-8-2-3-9(16)5-11(8)12;2-1(3)4;/h2-3,5,10,12,23H,4,6-7H2,1H3,(H,18,20);2-3,5,10,12,17,23-24H,4,6-7H2,1H3,(H,18,22)(H,19,20);2H2,(H,3,4);1H3/t10?,12-,28?;10?,12-,27?;;/m00../s1. The highest BCUT2D eigenvalue weighted by molar-refractivity contribution is 7.91. The van der Waals surface area contributed by atoms with E-state index in [0.29, 0.717) is 18.4 Å². The van der Waals surface area contributed by atoms with Crippen molar-refractivity contribution in [3.8, 4) is 11.5 Å². The van der Waals surface area contributed by atoms with Crippen LogP contribution in [0.2, 0.25) is 0 Å². The third-order valence-electron chi connectivity index (χ3n) is 8.46. The van der Waals surface area contributed by atoms with E-state index in [1.807, 2.05) is 5.48 Å². The Balaban J connectivity index is 0.000000240. The number of aliphatic imine (C=N–C) groups is 1. The largest absolute Gasteiger partial charge is 0.465 e. The average molecular weight is 886 g/mol. The molecule has 0 aliphatic heterocycles. The monoisotopic (exact) mass is 885 g/mol. The van der Waals surface area contributed by atoms with Gasteiger partial charge in [-0.3, -0.25) is 33.4 Å². The molecule has 13 N–H and O–H groups in total. The van der Waals surface area contributed by atoms with Crippen molar-refractivity contribution in [2.45, 2.75) is 37.1 Å². The lowest BCUT2D eigenvalue weighted by Crippen LogP contribution is -2.31. The predicted molar refractivity (Wildman–Crippen MR) is 208 cm³/mol. The maximum atomic E-state index is 13.6. The molecule has 28 heteroatoms. The molecule has 0 saturated heterocycles. The van der Waals surface area contributed by atoms with Crippen LogP contribution in [0.4, 0.5) is 25.2 Å². The summed E-state index contributed by atoms with van der Waals surface area (Å²) in [6.07, 6.45) is 0.560. The Bertz CT molecular complexity index is 2490. The molecule has 1 amide bonds. The topological polar surface area (TPSA) is 391 Å². The number of hydrogen-bond acceptors (Lipinski definition) is 20. The van der Waals surface area contributed by atoms with Gasteiger partial charge in [-0.05, 0) is 80.0 Å². The summed E-state index contributed by atoms with van der Waals surface area (Å²) in [4.78, 5) is 25.3. The van der Waals surface area contributed by atoms with E-state index >= 15 is 0 Å². The van der Waals surface area contributed by atoms with E-state index in [9.17, 15) is 37.4 Å². The van der Waals surface area contributed by atoms with E-state index in [2.05, 4.69) is 51.8 Å². The first-order valence-corrected chi connectivity index (χ1v) is 20.9. The average Bonchev–Trinajstić information content (AvgIpc) is 3.89. The highest BCUT2D eigenvalue weighted by Crippen LogP contribution is 2.39. The van der Waals surface area contributed by atoms with Gasteiger partial charge in [0.25, 0.3) is 0 Å². The lowest BCUT2D eigenvalue weighted by atomic mass is 9.83. The van der Waals surface area contributed by atoms with E-state index in [0.717, 1.165) is 16.7 Å². The molecule has 5 aromatic rings. The molecule has 326 valence electrons. The molecule has 0 saturated carbocycles. The van der Waals surface area contributed by atoms with Gasteiger partial charge in [-0.25, -0.2) is 32.2 Å². The van der Waals surface area contributed by atoms with E-state index in [1.165, 1.54) is 41.3 Å². The summed E-state index contributed by atoms with van der Waals surface area (Å²) in [5.41, 5.74) is 9.42. The first kappa shape index (κ1) is 46.5. The fraction of sp³-hybridized carbons (Fsp3) is 0.375. The number of fused-ring (bicyclic) bond motifs is 2. The molecule has 2 aliphatic carbocycles. The number of aromatic nitrogens is 6. The Kier molecular flexibility index (Phi) is 15.6. The van der Waals surface area contributed by atoms with Crippen LogP contribution in [0.15, 0.2) is 60.0 Å². The maximum absolute atomic E-state index is 13.6. The van der Waals surface area contributed by atoms with E-state index < -0.39 is 56.4 Å². The second kappa shape index (κ2) is 20.2. The summed E-state index contributed by atoms with van der Waals surface area (Å²) in [5.74, 6) is -1.32. The number of nitrogens with two attached hydrogens (primary N) is 1. The molecular formula is C32H41F2N13O11S2. The number of amidine groups is 1. The van der Waals surface area contributed by atoms with Crippen molar-refractivity contribution < 1.29 is 56.3 Å². The summed E-state index contributed by atoms with van der Waals surface area (Å²) >= 11 is 0. The third-order valence-corrected chi connectivity index (χ3v) is 10.3. The van der Waals surface area contributed by atoms with E-state index in [4.69, 9.17) is 23.8 Å². The van der Waals surface area contributed by atoms with Crippen LogP contribution in [0.1, 0.15) is 40.0 Å². The minimum atomic E-state index is -2.85. The highest BCUT2D eigenvalue weighted by atomic mass is 32.2. The van der Waals surface area contributed by atoms with Crippen LogP contribution in [0.3, 0.4) is 0 Å². The smallest absolute Gasteiger partial charge is 0.442 e. The van der Waals surface area contributed by atoms with Crippen molar-refractivity contribution in [1.82, 2.24) is 42.0 Å².